The minimum absolute atomic E-state index is 0.00346. The van der Waals surface area contributed by atoms with Crippen LogP contribution in [-0.4, -0.2) is 67.3 Å². The van der Waals surface area contributed by atoms with Crippen LogP contribution in [-0.2, 0) is 0 Å². The molecule has 0 N–H and O–H groups in total. The quantitative estimate of drug-likeness (QED) is 0.657. The maximum absolute atomic E-state index is 13.7. The van der Waals surface area contributed by atoms with Gasteiger partial charge >= 0.3 is 0 Å². The molecule has 32 heavy (non-hydrogen) atoms. The van der Waals surface area contributed by atoms with E-state index in [4.69, 9.17) is 14.2 Å². The van der Waals surface area contributed by atoms with Crippen molar-refractivity contribution in [3.63, 3.8) is 0 Å². The number of rotatable bonds is 7. The largest absolute Gasteiger partial charge is 0.493 e. The predicted molar refractivity (Wildman–Crippen MR) is 123 cm³/mol. The van der Waals surface area contributed by atoms with Gasteiger partial charge in [-0.25, -0.2) is 0 Å². The fraction of sp³-hybridized carbons (Fsp3) is 0.458. The fourth-order valence-electron chi connectivity index (χ4n) is 4.50. The zero-order valence-electron chi connectivity index (χ0n) is 19.3. The van der Waals surface area contributed by atoms with E-state index in [1.807, 2.05) is 50.0 Å². The lowest BCUT2D eigenvalue weighted by molar-refractivity contribution is 0.0785. The van der Waals surface area contributed by atoms with Crippen molar-refractivity contribution in [3.8, 4) is 17.5 Å². The van der Waals surface area contributed by atoms with E-state index in [0.29, 0.717) is 54.6 Å². The van der Waals surface area contributed by atoms with Gasteiger partial charge in [0.05, 0.1) is 38.5 Å². The average Bonchev–Trinajstić information content (AvgIpc) is 3.12. The zero-order chi connectivity index (χ0) is 22.8. The van der Waals surface area contributed by atoms with Gasteiger partial charge in [0, 0.05) is 25.6 Å². The van der Waals surface area contributed by atoms with Crippen LogP contribution in [0, 0.1) is 12.8 Å². The highest BCUT2D eigenvalue weighted by Gasteiger charge is 2.48. The number of aromatic nitrogens is 2. The number of hydrogen-bond acceptors (Lipinski definition) is 7. The Balaban J connectivity index is 1.59. The molecule has 2 fully saturated rings. The number of likely N-dealkylation sites (tertiary alicyclic amines) is 1. The van der Waals surface area contributed by atoms with Gasteiger partial charge in [0.2, 0.25) is 17.7 Å². The first-order valence-electron chi connectivity index (χ1n) is 10.9. The Bertz CT molecular complexity index is 1020. The Morgan fingerprint density at radius 2 is 1.88 bits per heavy atom. The summed E-state index contributed by atoms with van der Waals surface area (Å²) >= 11 is 0. The summed E-state index contributed by atoms with van der Waals surface area (Å²) in [7, 11) is 3.14. The number of allylic oxidation sites excluding steroid dienone is 1. The van der Waals surface area contributed by atoms with Crippen molar-refractivity contribution in [3.05, 3.63) is 41.0 Å². The molecular weight excluding hydrogens is 408 g/mol. The molecule has 8 heteroatoms. The molecule has 4 rings (SSSR count). The van der Waals surface area contributed by atoms with Crippen molar-refractivity contribution >= 4 is 17.9 Å². The Morgan fingerprint density at radius 1 is 1.16 bits per heavy atom. The first-order chi connectivity index (χ1) is 15.5. The average molecular weight is 439 g/mol. The minimum Gasteiger partial charge on any atom is -0.493 e. The molecule has 170 valence electrons. The number of carbonyl (C=O) groups is 1. The van der Waals surface area contributed by atoms with Crippen molar-refractivity contribution in [1.29, 1.82) is 0 Å². The third-order valence-corrected chi connectivity index (χ3v) is 6.14. The Kier molecular flexibility index (Phi) is 6.21. The Morgan fingerprint density at radius 3 is 2.50 bits per heavy atom. The number of fused-ring (bicyclic) bond motifs is 1. The summed E-state index contributed by atoms with van der Waals surface area (Å²) in [6.07, 6.45) is 3.94. The van der Waals surface area contributed by atoms with Gasteiger partial charge in [0.25, 0.3) is 5.91 Å². The molecule has 0 bridgehead atoms. The molecule has 2 aliphatic heterocycles. The van der Waals surface area contributed by atoms with Crippen LogP contribution < -0.4 is 19.1 Å². The van der Waals surface area contributed by atoms with E-state index < -0.39 is 0 Å². The lowest BCUT2D eigenvalue weighted by atomic mass is 9.93. The van der Waals surface area contributed by atoms with Crippen LogP contribution >= 0.6 is 0 Å². The maximum Gasteiger partial charge on any atom is 0.258 e. The third-order valence-electron chi connectivity index (χ3n) is 6.14. The lowest BCUT2D eigenvalue weighted by Gasteiger charge is -2.43. The van der Waals surface area contributed by atoms with Crippen molar-refractivity contribution in [2.24, 2.45) is 5.92 Å². The molecule has 0 aliphatic carbocycles. The maximum atomic E-state index is 13.7. The monoisotopic (exact) mass is 438 g/mol. The fourth-order valence-corrected chi connectivity index (χ4v) is 4.50. The number of amides is 1. The number of hydrogen-bond donors (Lipinski definition) is 0. The molecule has 1 amide bonds. The van der Waals surface area contributed by atoms with Crippen LogP contribution in [0.5, 0.6) is 17.5 Å². The molecule has 1 aromatic carbocycles. The summed E-state index contributed by atoms with van der Waals surface area (Å²) in [6, 6.07) is 5.72. The number of carbonyl (C=O) groups excluding carboxylic acids is 1. The summed E-state index contributed by atoms with van der Waals surface area (Å²) in [5.41, 5.74) is 2.60. The van der Waals surface area contributed by atoms with Crippen molar-refractivity contribution in [2.75, 3.05) is 45.4 Å². The van der Waals surface area contributed by atoms with Gasteiger partial charge in [-0.1, -0.05) is 18.2 Å². The van der Waals surface area contributed by atoms with E-state index in [9.17, 15) is 4.79 Å². The summed E-state index contributed by atoms with van der Waals surface area (Å²) in [6.45, 7) is 8.52. The highest BCUT2D eigenvalue weighted by atomic mass is 16.5. The Labute approximate surface area is 188 Å². The standard InChI is InChI=1S/C24H30N4O4/c1-6-8-17-15(3)9-10-19(32-7-2)22(17)23(29)27-12-16-13-28(18(16)14-27)24-25-20(30-4)11-21(26-24)31-5/h6,8-11,16,18H,7,12-14H2,1-5H3/b8-6-. The first kappa shape index (κ1) is 21.9. The molecule has 0 spiro atoms. The van der Waals surface area contributed by atoms with Crippen LogP contribution in [0.3, 0.4) is 0 Å². The van der Waals surface area contributed by atoms with E-state index in [1.165, 1.54) is 0 Å². The number of aryl methyl sites for hydroxylation is 1. The molecule has 2 aromatic rings. The van der Waals surface area contributed by atoms with Crippen LogP contribution in [0.15, 0.2) is 24.3 Å². The second-order valence-corrected chi connectivity index (χ2v) is 8.04. The molecule has 2 saturated heterocycles. The second kappa shape index (κ2) is 9.06. The van der Waals surface area contributed by atoms with Gasteiger partial charge in [-0.05, 0) is 38.0 Å². The molecule has 2 unspecified atom stereocenters. The van der Waals surface area contributed by atoms with Gasteiger partial charge in [-0.15, -0.1) is 0 Å². The van der Waals surface area contributed by atoms with Gasteiger partial charge in [0.15, 0.2) is 0 Å². The number of anilines is 1. The summed E-state index contributed by atoms with van der Waals surface area (Å²) in [5, 5.41) is 0. The topological polar surface area (TPSA) is 77.0 Å². The highest BCUT2D eigenvalue weighted by molar-refractivity contribution is 6.01. The van der Waals surface area contributed by atoms with Crippen molar-refractivity contribution < 1.29 is 19.0 Å². The van der Waals surface area contributed by atoms with E-state index in [2.05, 4.69) is 14.9 Å². The molecule has 2 atom stereocenters. The summed E-state index contributed by atoms with van der Waals surface area (Å²) in [5.74, 6) is 2.50. The predicted octanol–water partition coefficient (Wildman–Crippen LogP) is 3.19. The van der Waals surface area contributed by atoms with Crippen molar-refractivity contribution in [1.82, 2.24) is 14.9 Å². The highest BCUT2D eigenvalue weighted by Crippen LogP contribution is 2.38. The molecule has 1 aromatic heterocycles. The number of nitrogens with zero attached hydrogens (tertiary/aromatic N) is 4. The number of benzene rings is 1. The Hall–Kier alpha value is -3.29. The van der Waals surface area contributed by atoms with E-state index in [-0.39, 0.29) is 11.9 Å². The third kappa shape index (κ3) is 3.85. The molecule has 2 aliphatic rings. The first-order valence-corrected chi connectivity index (χ1v) is 10.9. The molecule has 3 heterocycles. The lowest BCUT2D eigenvalue weighted by Crippen LogP contribution is -2.56. The molecule has 0 radical (unpaired) electrons. The number of ether oxygens (including phenoxy) is 3. The normalized spacial score (nSPS) is 19.7. The van der Waals surface area contributed by atoms with Gasteiger partial charge in [0.1, 0.15) is 5.75 Å². The van der Waals surface area contributed by atoms with Gasteiger partial charge in [-0.3, -0.25) is 4.79 Å². The smallest absolute Gasteiger partial charge is 0.258 e. The molecule has 8 nitrogen and oxygen atoms in total. The van der Waals surface area contributed by atoms with Crippen LogP contribution in [0.2, 0.25) is 0 Å². The minimum atomic E-state index is 0.00346. The van der Waals surface area contributed by atoms with E-state index >= 15 is 0 Å². The summed E-state index contributed by atoms with van der Waals surface area (Å²) in [4.78, 5) is 26.7. The molecule has 0 saturated carbocycles. The summed E-state index contributed by atoms with van der Waals surface area (Å²) < 4.78 is 16.4. The molecular formula is C24H30N4O4. The van der Waals surface area contributed by atoms with Crippen LogP contribution in [0.25, 0.3) is 6.08 Å². The van der Waals surface area contributed by atoms with E-state index in [1.54, 1.807) is 20.3 Å². The second-order valence-electron chi connectivity index (χ2n) is 8.04. The van der Waals surface area contributed by atoms with Crippen LogP contribution in [0.1, 0.15) is 35.3 Å². The van der Waals surface area contributed by atoms with Crippen LogP contribution in [0.4, 0.5) is 5.95 Å². The van der Waals surface area contributed by atoms with Crippen molar-refractivity contribution in [2.45, 2.75) is 26.8 Å². The van der Waals surface area contributed by atoms with Gasteiger partial charge in [-0.2, -0.15) is 9.97 Å². The SMILES string of the molecule is C/C=C\c1c(C)ccc(OCC)c1C(=O)N1CC2CN(c3nc(OC)cc(OC)n3)C2C1. The number of methoxy groups -OCH3 is 2. The van der Waals surface area contributed by atoms with Gasteiger partial charge < -0.3 is 24.0 Å². The van der Waals surface area contributed by atoms with E-state index in [0.717, 1.165) is 17.7 Å². The zero-order valence-corrected chi connectivity index (χ0v) is 19.3.